The quantitative estimate of drug-likeness (QED) is 0.225. The summed E-state index contributed by atoms with van der Waals surface area (Å²) in [6.45, 7) is 0.824. The van der Waals surface area contributed by atoms with Gasteiger partial charge in [-0.3, -0.25) is 29.0 Å². The van der Waals surface area contributed by atoms with E-state index in [0.717, 1.165) is 11.1 Å². The lowest BCUT2D eigenvalue weighted by molar-refractivity contribution is -0.126. The lowest BCUT2D eigenvalue weighted by Crippen LogP contribution is -2.38. The van der Waals surface area contributed by atoms with Crippen LogP contribution >= 0.6 is 48.0 Å². The molecule has 0 unspecified atom stereocenters. The molecule has 0 aromatic heterocycles. The van der Waals surface area contributed by atoms with Crippen molar-refractivity contribution >= 4 is 92.4 Å². The van der Waals surface area contributed by atoms with E-state index in [2.05, 4.69) is 10.6 Å². The van der Waals surface area contributed by atoms with Crippen LogP contribution in [0.15, 0.2) is 70.5 Å². The SMILES string of the molecule is O=C(CCN1C(=O)/C(=C/c2ccccc2)SC1=S)NCCNC(=O)CCN1C(=O)/C(=C\c2ccccc2)SC1=S. The first kappa shape index (κ1) is 29.7. The Morgan fingerprint density at radius 2 is 1.05 bits per heavy atom. The molecule has 2 aliphatic heterocycles. The molecule has 4 rings (SSSR count). The summed E-state index contributed by atoms with van der Waals surface area (Å²) >= 11 is 13.1. The van der Waals surface area contributed by atoms with Crippen molar-refractivity contribution in [2.24, 2.45) is 0 Å². The Morgan fingerprint density at radius 3 is 1.43 bits per heavy atom. The van der Waals surface area contributed by atoms with Gasteiger partial charge in [-0.05, 0) is 23.3 Å². The van der Waals surface area contributed by atoms with E-state index in [1.165, 1.54) is 33.3 Å². The van der Waals surface area contributed by atoms with Crippen molar-refractivity contribution in [1.82, 2.24) is 20.4 Å². The summed E-state index contributed by atoms with van der Waals surface area (Å²) in [6, 6.07) is 19.0. The summed E-state index contributed by atoms with van der Waals surface area (Å²) in [5, 5.41) is 5.46. The number of thioether (sulfide) groups is 2. The Morgan fingerprint density at radius 1 is 0.675 bits per heavy atom. The third-order valence-corrected chi connectivity index (χ3v) is 8.59. The van der Waals surface area contributed by atoms with Crippen molar-refractivity contribution < 1.29 is 19.2 Å². The molecule has 0 aliphatic carbocycles. The zero-order valence-electron chi connectivity index (χ0n) is 21.3. The van der Waals surface area contributed by atoms with Crippen LogP contribution in [0, 0.1) is 0 Å². The van der Waals surface area contributed by atoms with Gasteiger partial charge in [0.15, 0.2) is 0 Å². The van der Waals surface area contributed by atoms with Crippen LogP contribution in [-0.2, 0) is 19.2 Å². The molecule has 12 heteroatoms. The van der Waals surface area contributed by atoms with Gasteiger partial charge in [-0.15, -0.1) is 0 Å². The number of amides is 4. The Hall–Kier alpha value is -3.32. The smallest absolute Gasteiger partial charge is 0.266 e. The van der Waals surface area contributed by atoms with E-state index in [1.54, 1.807) is 12.2 Å². The first-order valence-electron chi connectivity index (χ1n) is 12.5. The molecule has 2 aliphatic rings. The fraction of sp³-hybridized carbons (Fsp3) is 0.214. The van der Waals surface area contributed by atoms with Crippen LogP contribution < -0.4 is 10.6 Å². The van der Waals surface area contributed by atoms with Gasteiger partial charge in [-0.25, -0.2) is 0 Å². The second kappa shape index (κ2) is 14.4. The molecule has 0 saturated carbocycles. The highest BCUT2D eigenvalue weighted by molar-refractivity contribution is 8.27. The first-order valence-corrected chi connectivity index (χ1v) is 14.9. The van der Waals surface area contributed by atoms with E-state index in [0.29, 0.717) is 18.5 Å². The van der Waals surface area contributed by atoms with Crippen LogP contribution in [0.2, 0.25) is 0 Å². The van der Waals surface area contributed by atoms with Crippen molar-refractivity contribution in [2.45, 2.75) is 12.8 Å². The highest BCUT2D eigenvalue weighted by Gasteiger charge is 2.33. The van der Waals surface area contributed by atoms with Gasteiger partial charge in [-0.2, -0.15) is 0 Å². The number of carbonyl (C=O) groups is 4. The van der Waals surface area contributed by atoms with Crippen molar-refractivity contribution in [1.29, 1.82) is 0 Å². The number of nitrogens with zero attached hydrogens (tertiary/aromatic N) is 2. The third kappa shape index (κ3) is 8.10. The van der Waals surface area contributed by atoms with E-state index in [1.807, 2.05) is 60.7 Å². The van der Waals surface area contributed by atoms with Gasteiger partial charge in [-0.1, -0.05) is 109 Å². The molecule has 2 N–H and O–H groups in total. The molecule has 2 fully saturated rings. The lowest BCUT2D eigenvalue weighted by Gasteiger charge is -2.15. The maximum atomic E-state index is 12.7. The van der Waals surface area contributed by atoms with Gasteiger partial charge in [0.25, 0.3) is 11.8 Å². The Kier molecular flexibility index (Phi) is 10.6. The van der Waals surface area contributed by atoms with Gasteiger partial charge in [0, 0.05) is 39.0 Å². The molecule has 2 heterocycles. The van der Waals surface area contributed by atoms with Gasteiger partial charge in [0.2, 0.25) is 11.8 Å². The summed E-state index contributed by atoms with van der Waals surface area (Å²) in [5.74, 6) is -0.928. The molecule has 206 valence electrons. The molecule has 8 nitrogen and oxygen atoms in total. The van der Waals surface area contributed by atoms with Crippen LogP contribution in [0.25, 0.3) is 12.2 Å². The predicted molar refractivity (Wildman–Crippen MR) is 168 cm³/mol. The zero-order valence-corrected chi connectivity index (χ0v) is 24.6. The number of hydrogen-bond acceptors (Lipinski definition) is 8. The fourth-order valence-corrected chi connectivity index (χ4v) is 6.41. The summed E-state index contributed by atoms with van der Waals surface area (Å²) in [5.41, 5.74) is 1.81. The third-order valence-electron chi connectivity index (χ3n) is 5.84. The minimum absolute atomic E-state index is 0.0873. The van der Waals surface area contributed by atoms with Crippen molar-refractivity contribution in [3.05, 3.63) is 81.6 Å². The van der Waals surface area contributed by atoms with Crippen LogP contribution in [0.1, 0.15) is 24.0 Å². The molecule has 2 saturated heterocycles. The van der Waals surface area contributed by atoms with Crippen LogP contribution in [0.5, 0.6) is 0 Å². The molecule has 0 spiro atoms. The summed E-state index contributed by atoms with van der Waals surface area (Å²) in [4.78, 5) is 53.9. The lowest BCUT2D eigenvalue weighted by atomic mass is 10.2. The van der Waals surface area contributed by atoms with Crippen molar-refractivity contribution in [3.8, 4) is 0 Å². The normalized spacial score (nSPS) is 17.3. The van der Waals surface area contributed by atoms with Gasteiger partial charge < -0.3 is 10.6 Å². The van der Waals surface area contributed by atoms with Crippen LogP contribution in [0.3, 0.4) is 0 Å². The Bertz CT molecular complexity index is 1270. The number of nitrogens with one attached hydrogen (secondary N) is 2. The minimum atomic E-state index is -0.252. The van der Waals surface area contributed by atoms with Crippen molar-refractivity contribution in [2.75, 3.05) is 26.2 Å². The molecule has 40 heavy (non-hydrogen) atoms. The summed E-state index contributed by atoms with van der Waals surface area (Å²) in [7, 11) is 0. The number of thiocarbonyl (C=S) groups is 2. The molecular formula is C28H26N4O4S4. The number of rotatable bonds is 11. The molecule has 0 atom stereocenters. The predicted octanol–water partition coefficient (Wildman–Crippen LogP) is 3.80. The number of benzene rings is 2. The van der Waals surface area contributed by atoms with E-state index >= 15 is 0 Å². The zero-order chi connectivity index (χ0) is 28.5. The van der Waals surface area contributed by atoms with Crippen molar-refractivity contribution in [3.63, 3.8) is 0 Å². The highest BCUT2D eigenvalue weighted by Crippen LogP contribution is 2.33. The molecular weight excluding hydrogens is 585 g/mol. The van der Waals surface area contributed by atoms with E-state index in [-0.39, 0.29) is 62.6 Å². The molecule has 2 aromatic carbocycles. The van der Waals surface area contributed by atoms with Crippen LogP contribution in [0.4, 0.5) is 0 Å². The van der Waals surface area contributed by atoms with Crippen LogP contribution in [-0.4, -0.2) is 68.2 Å². The Balaban J connectivity index is 1.13. The monoisotopic (exact) mass is 610 g/mol. The fourth-order valence-electron chi connectivity index (χ4n) is 3.79. The maximum absolute atomic E-state index is 12.7. The molecule has 0 radical (unpaired) electrons. The minimum Gasteiger partial charge on any atom is -0.354 e. The second-order valence-electron chi connectivity index (χ2n) is 8.69. The Labute approximate surface area is 251 Å². The van der Waals surface area contributed by atoms with Gasteiger partial charge >= 0.3 is 0 Å². The molecule has 0 bridgehead atoms. The first-order chi connectivity index (χ1) is 19.3. The average molecular weight is 611 g/mol. The summed E-state index contributed by atoms with van der Waals surface area (Å²) < 4.78 is 0.841. The standard InChI is InChI=1S/C28H26N4O4S4/c33-23(11-15-31-25(35)21(39-27(31)37)17-19-7-3-1-4-8-19)29-13-14-30-24(34)12-16-32-26(36)22(40-28(32)38)18-20-9-5-2-6-10-20/h1-10,17-18H,11-16H2,(H,29,33)(H,30,34)/b21-17-,22-18+. The van der Waals surface area contributed by atoms with Gasteiger partial charge in [0.1, 0.15) is 8.64 Å². The van der Waals surface area contributed by atoms with E-state index < -0.39 is 0 Å². The number of hydrogen-bond donors (Lipinski definition) is 2. The number of carbonyl (C=O) groups excluding carboxylic acids is 4. The topological polar surface area (TPSA) is 98.8 Å². The molecule has 4 amide bonds. The van der Waals surface area contributed by atoms with Gasteiger partial charge in [0.05, 0.1) is 9.81 Å². The largest absolute Gasteiger partial charge is 0.354 e. The average Bonchev–Trinajstić information content (AvgIpc) is 3.37. The van der Waals surface area contributed by atoms with E-state index in [4.69, 9.17) is 24.4 Å². The maximum Gasteiger partial charge on any atom is 0.266 e. The van der Waals surface area contributed by atoms with E-state index in [9.17, 15) is 19.2 Å². The molecule has 2 aromatic rings. The summed E-state index contributed by atoms with van der Waals surface area (Å²) in [6.07, 6.45) is 3.75. The second-order valence-corrected chi connectivity index (χ2v) is 12.0. The highest BCUT2D eigenvalue weighted by atomic mass is 32.2.